The summed E-state index contributed by atoms with van der Waals surface area (Å²) in [6.07, 6.45) is 42.5. The van der Waals surface area contributed by atoms with Gasteiger partial charge in [-0.1, -0.05) is 141 Å². The van der Waals surface area contributed by atoms with Crippen LogP contribution in [-0.2, 0) is 19.2 Å². The van der Waals surface area contributed by atoms with Crippen LogP contribution in [-0.4, -0.2) is 105 Å². The number of Topliss-reactive ketones (excluding diaryl/α,β-unsaturated/α-hetero) is 1. The first-order valence-electron chi connectivity index (χ1n) is 25.5. The lowest BCUT2D eigenvalue weighted by atomic mass is 10.1. The maximum absolute atomic E-state index is 12.6. The summed E-state index contributed by atoms with van der Waals surface area (Å²) in [5.41, 5.74) is 3.70. The highest BCUT2D eigenvalue weighted by atomic mass is 35.5. The minimum atomic E-state index is -0.723. The SMILES string of the molecule is CCCCCCCC/C=C\CCCCCCCC(=O)N[C@@H](C[N-]Cl)C(=O)NCN1CCN(CNC)CC1.CCCCCCCC/C=C\CCCCCCCC(=O)N[C@@H](C[NH3+])C(C)=O.Cl.Cl.[Cl-]. The molecule has 0 aromatic heterocycles. The second-order valence-electron chi connectivity index (χ2n) is 17.6. The lowest BCUT2D eigenvalue weighted by Gasteiger charge is -2.34. The molecule has 0 aromatic carbocycles. The zero-order valence-electron chi connectivity index (χ0n) is 42.2. The van der Waals surface area contributed by atoms with Crippen LogP contribution in [0.3, 0.4) is 0 Å². The maximum atomic E-state index is 12.6. The summed E-state index contributed by atoms with van der Waals surface area (Å²) in [5.74, 6) is -0.386. The molecule has 0 aromatic rings. The van der Waals surface area contributed by atoms with Gasteiger partial charge in [0.15, 0.2) is 5.78 Å². The van der Waals surface area contributed by atoms with Crippen LogP contribution in [0.2, 0.25) is 0 Å². The van der Waals surface area contributed by atoms with E-state index in [2.05, 4.69) is 79.8 Å². The van der Waals surface area contributed by atoms with Crippen LogP contribution in [0.25, 0.3) is 4.84 Å². The molecular formula is C50H99Cl4N8O4-. The molecule has 0 saturated carbocycles. The van der Waals surface area contributed by atoms with E-state index in [1.807, 2.05) is 7.05 Å². The molecule has 66 heavy (non-hydrogen) atoms. The average Bonchev–Trinajstić information content (AvgIpc) is 3.27. The molecule has 1 fully saturated rings. The predicted octanol–water partition coefficient (Wildman–Crippen LogP) is 7.09. The van der Waals surface area contributed by atoms with Gasteiger partial charge in [0.05, 0.1) is 12.7 Å². The Morgan fingerprint density at radius 1 is 0.576 bits per heavy atom. The van der Waals surface area contributed by atoms with Gasteiger partial charge in [0.1, 0.15) is 12.6 Å². The first-order chi connectivity index (χ1) is 30.7. The van der Waals surface area contributed by atoms with E-state index in [9.17, 15) is 19.2 Å². The molecule has 2 atom stereocenters. The number of piperazine rings is 1. The zero-order valence-corrected chi connectivity index (χ0v) is 45.3. The van der Waals surface area contributed by atoms with Gasteiger partial charge in [-0.3, -0.25) is 40.8 Å². The molecule has 0 spiro atoms. The topological polar surface area (TPSA) is 165 Å². The number of hydrogen-bond donors (Lipinski definition) is 5. The number of allylic oxidation sites excluding steroid dienone is 4. The number of carbonyl (C=O) groups is 4. The van der Waals surface area contributed by atoms with Crippen LogP contribution in [0.15, 0.2) is 24.3 Å². The molecule has 1 aliphatic heterocycles. The van der Waals surface area contributed by atoms with E-state index in [1.54, 1.807) is 0 Å². The van der Waals surface area contributed by atoms with Gasteiger partial charge < -0.3 is 44.2 Å². The Labute approximate surface area is 427 Å². The highest BCUT2D eigenvalue weighted by Crippen LogP contribution is 2.12. The second-order valence-corrected chi connectivity index (χ2v) is 17.8. The molecule has 7 N–H and O–H groups in total. The number of nitrogens with one attached hydrogen (secondary N) is 4. The minimum absolute atomic E-state index is 0. The van der Waals surface area contributed by atoms with Gasteiger partial charge in [0, 0.05) is 45.7 Å². The first-order valence-corrected chi connectivity index (χ1v) is 25.9. The summed E-state index contributed by atoms with van der Waals surface area (Å²) in [6.45, 7) is 11.6. The Bertz CT molecular complexity index is 1170. The molecule has 392 valence electrons. The van der Waals surface area contributed by atoms with Crippen molar-refractivity contribution < 1.29 is 37.3 Å². The lowest BCUT2D eigenvalue weighted by molar-refractivity contribution is -0.370. The van der Waals surface area contributed by atoms with Crippen molar-refractivity contribution in [2.24, 2.45) is 0 Å². The van der Waals surface area contributed by atoms with E-state index in [-0.39, 0.29) is 67.3 Å². The molecular weight excluding hydrogens is 918 g/mol. The third-order valence-electron chi connectivity index (χ3n) is 11.7. The Balaban J connectivity index is -0.000000589. The van der Waals surface area contributed by atoms with Gasteiger partial charge in [0.25, 0.3) is 0 Å². The molecule has 0 bridgehead atoms. The average molecular weight is 1020 g/mol. The third kappa shape index (κ3) is 46.3. The van der Waals surface area contributed by atoms with Crippen molar-refractivity contribution >= 4 is 60.1 Å². The fraction of sp³-hybridized carbons (Fsp3) is 0.840. The van der Waals surface area contributed by atoms with Crippen molar-refractivity contribution in [2.45, 2.75) is 213 Å². The van der Waals surface area contributed by atoms with Gasteiger partial charge in [0.2, 0.25) is 17.7 Å². The van der Waals surface area contributed by atoms with Crippen LogP contribution in [0, 0.1) is 0 Å². The quantitative estimate of drug-likeness (QED) is 0.0323. The lowest BCUT2D eigenvalue weighted by Crippen LogP contribution is -3.00. The fourth-order valence-electron chi connectivity index (χ4n) is 7.53. The normalized spacial score (nSPS) is 13.7. The minimum Gasteiger partial charge on any atom is -1.00 e. The van der Waals surface area contributed by atoms with Crippen LogP contribution in [0.5, 0.6) is 0 Å². The molecule has 16 heteroatoms. The van der Waals surface area contributed by atoms with Crippen molar-refractivity contribution in [1.82, 2.24) is 31.1 Å². The Morgan fingerprint density at radius 2 is 0.924 bits per heavy atom. The van der Waals surface area contributed by atoms with E-state index in [0.717, 1.165) is 71.4 Å². The number of nitrogens with zero attached hydrogens (tertiary/aromatic N) is 3. The van der Waals surface area contributed by atoms with Gasteiger partial charge in [-0.25, -0.2) is 0 Å². The van der Waals surface area contributed by atoms with Crippen molar-refractivity contribution in [3.8, 4) is 0 Å². The van der Waals surface area contributed by atoms with E-state index in [4.69, 9.17) is 11.8 Å². The van der Waals surface area contributed by atoms with Gasteiger partial charge >= 0.3 is 0 Å². The fourth-order valence-corrected chi connectivity index (χ4v) is 7.67. The largest absolute Gasteiger partial charge is 1.00 e. The monoisotopic (exact) mass is 1020 g/mol. The molecule has 1 rings (SSSR count). The number of carbonyl (C=O) groups excluding carboxylic acids is 4. The summed E-state index contributed by atoms with van der Waals surface area (Å²) < 4.78 is 0. The predicted molar refractivity (Wildman–Crippen MR) is 280 cm³/mol. The molecule has 12 nitrogen and oxygen atoms in total. The summed E-state index contributed by atoms with van der Waals surface area (Å²) in [5, 5.41) is 11.7. The Morgan fingerprint density at radius 3 is 1.27 bits per heavy atom. The maximum Gasteiger partial charge on any atom is 0.241 e. The van der Waals surface area contributed by atoms with E-state index >= 15 is 0 Å². The number of quaternary nitrogens is 1. The van der Waals surface area contributed by atoms with Gasteiger partial charge in [-0.15, -0.1) is 31.4 Å². The number of hydrogen-bond acceptors (Lipinski definition) is 7. The Hall–Kier alpha value is -1.48. The van der Waals surface area contributed by atoms with Gasteiger partial charge in [-0.05, 0) is 78.2 Å². The second kappa shape index (κ2) is 54.5. The first kappa shape index (κ1) is 71.1. The Kier molecular flexibility index (Phi) is 58.6. The molecule has 1 aliphatic rings. The highest BCUT2D eigenvalue weighted by Gasteiger charge is 2.20. The number of ketones is 1. The van der Waals surface area contributed by atoms with E-state index in [1.165, 1.54) is 135 Å². The number of amides is 3. The van der Waals surface area contributed by atoms with Gasteiger partial charge in [-0.2, -0.15) is 0 Å². The summed E-state index contributed by atoms with van der Waals surface area (Å²) in [4.78, 5) is 56.1. The van der Waals surface area contributed by atoms with Crippen molar-refractivity contribution in [1.29, 1.82) is 0 Å². The summed E-state index contributed by atoms with van der Waals surface area (Å²) in [7, 11) is 1.95. The third-order valence-corrected chi connectivity index (χ3v) is 11.8. The van der Waals surface area contributed by atoms with E-state index < -0.39 is 12.1 Å². The van der Waals surface area contributed by atoms with Crippen molar-refractivity contribution in [2.75, 3.05) is 59.7 Å². The van der Waals surface area contributed by atoms with Crippen LogP contribution in [0.1, 0.15) is 201 Å². The van der Waals surface area contributed by atoms with Crippen LogP contribution in [0.4, 0.5) is 0 Å². The van der Waals surface area contributed by atoms with Crippen molar-refractivity contribution in [3.63, 3.8) is 0 Å². The molecule has 3 amide bonds. The highest BCUT2D eigenvalue weighted by molar-refractivity contribution is 6.25. The molecule has 0 aliphatic carbocycles. The zero-order chi connectivity index (χ0) is 46.4. The smallest absolute Gasteiger partial charge is 0.241 e. The van der Waals surface area contributed by atoms with Crippen molar-refractivity contribution in [3.05, 3.63) is 29.1 Å². The molecule has 0 radical (unpaired) electrons. The molecule has 1 heterocycles. The molecule has 1 saturated heterocycles. The van der Waals surface area contributed by atoms with Crippen LogP contribution >= 0.6 is 36.6 Å². The number of halogens is 4. The van der Waals surface area contributed by atoms with Crippen LogP contribution < -0.4 is 39.4 Å². The number of unbranched alkanes of at least 4 members (excludes halogenated alkanes) is 22. The summed E-state index contributed by atoms with van der Waals surface area (Å²) in [6, 6.07) is -1.13. The molecule has 0 unspecified atom stereocenters. The summed E-state index contributed by atoms with van der Waals surface area (Å²) >= 11 is 5.53. The standard InChI is InChI=1S/C28H54ClN6O2.C22H42N2O2.3ClH/c1-3-4-5-6-7-8-9-10-11-12-13-14-15-16-17-18-27(36)33-26(23-32-29)28(37)31-25-35-21-19-34(20-22-35)24-30-2;1-3-4-5-6-7-8-9-10-11-12-13-14-15-16-17-18-22(26)24-21(19-23)20(2)25;;;/h10-11,26,30H,3-9,12-25H2,1-2H3,(H,31,37)(H,33,36);10-11,21H,3-9,12-19,23H2,1-2H3,(H,24,26);3*1H/q-1;;;;/b2*11-10-;;;/t26-;21-;;;/m00.../s1. The number of rotatable bonds is 41. The van der Waals surface area contributed by atoms with E-state index in [0.29, 0.717) is 26.1 Å².